The Kier molecular flexibility index (Phi) is 13.1. The predicted molar refractivity (Wildman–Crippen MR) is 192 cm³/mol. The number of rotatable bonds is 14. The molecule has 3 rings (SSSR count). The van der Waals surface area contributed by atoms with E-state index in [0.29, 0.717) is 24.3 Å². The van der Waals surface area contributed by atoms with Crippen molar-refractivity contribution in [2.45, 2.75) is 111 Å². The molecule has 14 nitrogen and oxygen atoms in total. The van der Waals surface area contributed by atoms with Gasteiger partial charge in [0.15, 0.2) is 0 Å². The summed E-state index contributed by atoms with van der Waals surface area (Å²) >= 11 is 1.29. The highest BCUT2D eigenvalue weighted by Crippen LogP contribution is 2.65. The minimum atomic E-state index is -1.20. The molecule has 0 bridgehead atoms. The minimum absolute atomic E-state index is 0.0309. The Bertz CT molecular complexity index is 1480. The van der Waals surface area contributed by atoms with E-state index in [0.717, 1.165) is 0 Å². The van der Waals surface area contributed by atoms with Crippen LogP contribution in [0.3, 0.4) is 0 Å². The molecular weight excluding hydrogens is 676 g/mol. The summed E-state index contributed by atoms with van der Waals surface area (Å²) in [7, 11) is 3.13. The number of alkyl carbamates (subject to hydrolysis) is 1. The van der Waals surface area contributed by atoms with Crippen LogP contribution in [-0.2, 0) is 33.5 Å². The average Bonchev–Trinajstić information content (AvgIpc) is 3.46. The van der Waals surface area contributed by atoms with Crippen LogP contribution in [-0.4, -0.2) is 102 Å². The molecule has 15 heteroatoms. The zero-order chi connectivity index (χ0) is 38.6. The van der Waals surface area contributed by atoms with Gasteiger partial charge in [-0.25, -0.2) is 4.79 Å². The third-order valence-corrected chi connectivity index (χ3v) is 10.4. The number of likely N-dealkylation sites (tertiary alicyclic amines) is 1. The number of unbranched alkanes of at least 4 members (excludes halogenated alkanes) is 1. The summed E-state index contributed by atoms with van der Waals surface area (Å²) in [6.45, 7) is 16.3. The van der Waals surface area contributed by atoms with Crippen LogP contribution in [0.2, 0.25) is 0 Å². The number of nitrogens with zero attached hydrogens (tertiary/aromatic N) is 2. The van der Waals surface area contributed by atoms with Crippen LogP contribution in [0.15, 0.2) is 17.5 Å². The Morgan fingerprint density at radius 1 is 1.02 bits per heavy atom. The summed E-state index contributed by atoms with van der Waals surface area (Å²) < 4.78 is 5.43. The lowest BCUT2D eigenvalue weighted by Gasteiger charge is -2.38. The number of likely N-dealkylation sites (N-methyl/N-ethyl adjacent to an activating group) is 1. The molecule has 2 heterocycles. The van der Waals surface area contributed by atoms with E-state index in [1.165, 1.54) is 21.1 Å². The van der Waals surface area contributed by atoms with Crippen molar-refractivity contribution in [3.63, 3.8) is 0 Å². The summed E-state index contributed by atoms with van der Waals surface area (Å²) in [6.07, 6.45) is 0.624. The van der Waals surface area contributed by atoms with Crippen LogP contribution in [0.25, 0.3) is 0 Å². The van der Waals surface area contributed by atoms with E-state index < -0.39 is 77.2 Å². The fourth-order valence-electron chi connectivity index (χ4n) is 6.57. The molecule has 51 heavy (non-hydrogen) atoms. The predicted octanol–water partition coefficient (Wildman–Crippen LogP) is 2.78. The lowest BCUT2D eigenvalue weighted by atomic mass is 9.85. The number of fused-ring (bicyclic) bond motifs is 1. The van der Waals surface area contributed by atoms with Gasteiger partial charge >= 0.3 is 6.09 Å². The third kappa shape index (κ3) is 10.3. The number of nitrogens with one attached hydrogen (secondary N) is 4. The van der Waals surface area contributed by atoms with E-state index in [9.17, 15) is 33.6 Å². The normalized spacial score (nSPS) is 20.9. The number of piperidine rings is 1. The molecule has 0 radical (unpaired) electrons. The van der Waals surface area contributed by atoms with E-state index in [2.05, 4.69) is 21.3 Å². The second-order valence-corrected chi connectivity index (χ2v) is 17.3. The molecule has 1 aliphatic heterocycles. The Morgan fingerprint density at radius 3 is 2.20 bits per heavy atom. The van der Waals surface area contributed by atoms with Gasteiger partial charge in [-0.3, -0.25) is 28.8 Å². The van der Waals surface area contributed by atoms with Gasteiger partial charge < -0.3 is 35.8 Å². The van der Waals surface area contributed by atoms with Gasteiger partial charge in [-0.15, -0.1) is 11.3 Å². The van der Waals surface area contributed by atoms with Gasteiger partial charge in [0.2, 0.25) is 29.4 Å². The Balaban J connectivity index is 1.75. The van der Waals surface area contributed by atoms with Crippen LogP contribution in [0.5, 0.6) is 0 Å². The molecule has 0 spiro atoms. The molecule has 284 valence electrons. The van der Waals surface area contributed by atoms with Gasteiger partial charge in [-0.2, -0.15) is 0 Å². The van der Waals surface area contributed by atoms with Crippen molar-refractivity contribution in [2.24, 2.45) is 22.7 Å². The van der Waals surface area contributed by atoms with E-state index >= 15 is 0 Å². The highest BCUT2D eigenvalue weighted by Gasteiger charge is 2.70. The number of hydrogen-bond donors (Lipinski definition) is 4. The number of ketones is 1. The highest BCUT2D eigenvalue weighted by molar-refractivity contribution is 7.10. The molecule has 0 aromatic carbocycles. The standard InChI is InChI=1S/C36H56N6O8S/c1-12-13-15-21(27(44)30(46)37-18-23(43)39-25(31(47)41(10)11)22-16-14-17-51-22)38-29(45)26-24-20(36(24,8)9)19-42(26)32(48)28(34(2,3)4)40-33(49)50-35(5,6)7/h14,16-17,20-21,24-26,28H,12-13,15,18-19H2,1-11H3,(H,37,46)(H,38,45)(H,39,43)(H,40,49)/t20-,21?,24-,25-,26-,28+/m0/s1. The van der Waals surface area contributed by atoms with Crippen LogP contribution in [0.1, 0.15) is 92.5 Å². The third-order valence-electron chi connectivity index (χ3n) is 9.47. The molecule has 4 N–H and O–H groups in total. The highest BCUT2D eigenvalue weighted by atomic mass is 32.1. The average molecular weight is 733 g/mol. The molecule has 2 fully saturated rings. The van der Waals surface area contributed by atoms with Crippen molar-refractivity contribution in [2.75, 3.05) is 27.2 Å². The van der Waals surface area contributed by atoms with Crippen LogP contribution in [0, 0.1) is 22.7 Å². The van der Waals surface area contributed by atoms with Crippen molar-refractivity contribution in [1.82, 2.24) is 31.1 Å². The fraction of sp³-hybridized carbons (Fsp3) is 0.694. The fourth-order valence-corrected chi connectivity index (χ4v) is 7.34. The lowest BCUT2D eigenvalue weighted by Crippen LogP contribution is -2.60. The van der Waals surface area contributed by atoms with Gasteiger partial charge in [-0.05, 0) is 61.3 Å². The van der Waals surface area contributed by atoms with Gasteiger partial charge in [0.05, 0.1) is 12.6 Å². The maximum Gasteiger partial charge on any atom is 0.408 e. The molecule has 6 amide bonds. The van der Waals surface area contributed by atoms with Gasteiger partial charge in [0, 0.05) is 25.5 Å². The molecule has 1 aromatic heterocycles. The first-order valence-corrected chi connectivity index (χ1v) is 18.4. The van der Waals surface area contributed by atoms with Crippen LogP contribution >= 0.6 is 11.3 Å². The number of hydrogen-bond acceptors (Lipinski definition) is 9. The first-order chi connectivity index (χ1) is 23.5. The Hall–Kier alpha value is -4.01. The Morgan fingerprint density at radius 2 is 1.67 bits per heavy atom. The minimum Gasteiger partial charge on any atom is -0.444 e. The SMILES string of the molecule is CCCCC(NC(=O)[C@@H]1[C@@H]2[C@H](CN1C(=O)[C@@H](NC(=O)OC(C)(C)C)C(C)(C)C)C2(C)C)C(=O)C(=O)NCC(=O)N[C@H](C(=O)N(C)C)c1cccs1. The number of carbonyl (C=O) groups is 7. The van der Waals surface area contributed by atoms with Crippen molar-refractivity contribution < 1.29 is 38.3 Å². The first kappa shape index (κ1) is 41.4. The van der Waals surface area contributed by atoms with Crippen molar-refractivity contribution >= 4 is 52.7 Å². The van der Waals surface area contributed by atoms with E-state index in [4.69, 9.17) is 4.74 Å². The maximum absolute atomic E-state index is 14.1. The molecular formula is C36H56N6O8S. The molecule has 1 aliphatic carbocycles. The summed E-state index contributed by atoms with van der Waals surface area (Å²) in [6, 6.07) is -0.637. The zero-order valence-electron chi connectivity index (χ0n) is 31.8. The second-order valence-electron chi connectivity index (χ2n) is 16.3. The first-order valence-electron chi connectivity index (χ1n) is 17.5. The van der Waals surface area contributed by atoms with E-state index in [1.54, 1.807) is 52.4 Å². The summed E-state index contributed by atoms with van der Waals surface area (Å²) in [5.41, 5.74) is -1.76. The summed E-state index contributed by atoms with van der Waals surface area (Å²) in [4.78, 5) is 96.5. The zero-order valence-corrected chi connectivity index (χ0v) is 32.6. The number of amides is 6. The number of ether oxygens (including phenoxy) is 1. The molecule has 2 aliphatic rings. The molecule has 1 saturated heterocycles. The van der Waals surface area contributed by atoms with Gasteiger partial charge in [-0.1, -0.05) is 60.5 Å². The number of carbonyl (C=O) groups excluding carboxylic acids is 7. The molecule has 1 unspecified atom stereocenters. The van der Waals surface area contributed by atoms with Gasteiger partial charge in [0.25, 0.3) is 5.91 Å². The van der Waals surface area contributed by atoms with Crippen molar-refractivity contribution in [3.8, 4) is 0 Å². The summed E-state index contributed by atoms with van der Waals surface area (Å²) in [5, 5.41) is 12.2. The smallest absolute Gasteiger partial charge is 0.408 e. The number of thiophene rings is 1. The van der Waals surface area contributed by atoms with Gasteiger partial charge in [0.1, 0.15) is 23.7 Å². The maximum atomic E-state index is 14.1. The molecule has 6 atom stereocenters. The second kappa shape index (κ2) is 16.1. The summed E-state index contributed by atoms with van der Waals surface area (Å²) in [5.74, 6) is -4.17. The quantitative estimate of drug-likeness (QED) is 0.211. The van der Waals surface area contributed by atoms with Crippen LogP contribution < -0.4 is 21.3 Å². The lowest BCUT2D eigenvalue weighted by molar-refractivity contribution is -0.145. The molecule has 1 aromatic rings. The van der Waals surface area contributed by atoms with E-state index in [-0.39, 0.29) is 29.6 Å². The number of Topliss-reactive ketones (excluding diaryl/α,β-unsaturated/α-hetero) is 1. The topological polar surface area (TPSA) is 183 Å². The van der Waals surface area contributed by atoms with Crippen LogP contribution in [0.4, 0.5) is 4.79 Å². The Labute approximate surface area is 305 Å². The van der Waals surface area contributed by atoms with Crippen molar-refractivity contribution in [1.29, 1.82) is 0 Å². The largest absolute Gasteiger partial charge is 0.444 e. The van der Waals surface area contributed by atoms with E-state index in [1.807, 2.05) is 41.5 Å². The monoisotopic (exact) mass is 732 g/mol. The van der Waals surface area contributed by atoms with Crippen molar-refractivity contribution in [3.05, 3.63) is 22.4 Å². The molecule has 1 saturated carbocycles.